The van der Waals surface area contributed by atoms with E-state index >= 15 is 0 Å². The van der Waals surface area contributed by atoms with Crippen molar-refractivity contribution >= 4 is 5.84 Å². The van der Waals surface area contributed by atoms with Crippen LogP contribution < -0.4 is 5.73 Å². The number of hydrogen-bond acceptors (Lipinski definition) is 4. The summed E-state index contributed by atoms with van der Waals surface area (Å²) < 4.78 is 5.39. The summed E-state index contributed by atoms with van der Waals surface area (Å²) in [6, 6.07) is 9.88. The van der Waals surface area contributed by atoms with Crippen LogP contribution in [0.15, 0.2) is 35.5 Å². The zero-order valence-corrected chi connectivity index (χ0v) is 12.3. The zero-order valence-electron chi connectivity index (χ0n) is 12.3. The molecule has 1 rings (SSSR count). The van der Waals surface area contributed by atoms with Gasteiger partial charge in [0.2, 0.25) is 0 Å². The van der Waals surface area contributed by atoms with Crippen LogP contribution in [0, 0.1) is 0 Å². The molecule has 1 unspecified atom stereocenters. The maximum atomic E-state index is 8.99. The molecule has 5 nitrogen and oxygen atoms in total. The minimum atomic E-state index is -0.109. The van der Waals surface area contributed by atoms with Crippen LogP contribution in [0.2, 0.25) is 0 Å². The van der Waals surface area contributed by atoms with Crippen molar-refractivity contribution in [1.82, 2.24) is 4.90 Å². The molecule has 0 aliphatic heterocycles. The van der Waals surface area contributed by atoms with Gasteiger partial charge in [0, 0.05) is 19.7 Å². The third-order valence-electron chi connectivity index (χ3n) is 3.32. The predicted molar refractivity (Wildman–Crippen MR) is 81.2 cm³/mol. The molecule has 0 saturated carbocycles. The van der Waals surface area contributed by atoms with Gasteiger partial charge in [-0.25, -0.2) is 0 Å². The van der Waals surface area contributed by atoms with Gasteiger partial charge in [-0.2, -0.15) is 0 Å². The fourth-order valence-corrected chi connectivity index (χ4v) is 2.10. The molecule has 0 heterocycles. The Kier molecular flexibility index (Phi) is 7.69. The Bertz CT molecular complexity index is 395. The Balaban J connectivity index is 2.74. The smallest absolute Gasteiger partial charge is 0.147 e. The SMILES string of the molecule is CCOCCN(CC)CC(C(N)=NO)c1ccccc1. The highest BCUT2D eigenvalue weighted by Gasteiger charge is 2.19. The van der Waals surface area contributed by atoms with E-state index in [0.717, 1.165) is 25.3 Å². The van der Waals surface area contributed by atoms with E-state index in [9.17, 15) is 0 Å². The van der Waals surface area contributed by atoms with Gasteiger partial charge in [-0.15, -0.1) is 0 Å². The Hall–Kier alpha value is -1.59. The van der Waals surface area contributed by atoms with E-state index in [-0.39, 0.29) is 11.8 Å². The zero-order chi connectivity index (χ0) is 14.8. The van der Waals surface area contributed by atoms with Crippen molar-refractivity contribution in [2.75, 3.05) is 32.8 Å². The van der Waals surface area contributed by atoms with Gasteiger partial charge in [-0.1, -0.05) is 42.4 Å². The highest BCUT2D eigenvalue weighted by atomic mass is 16.5. The first kappa shape index (κ1) is 16.5. The largest absolute Gasteiger partial charge is 0.409 e. The Morgan fingerprint density at radius 3 is 2.60 bits per heavy atom. The highest BCUT2D eigenvalue weighted by Crippen LogP contribution is 2.17. The first-order chi connectivity index (χ1) is 9.72. The third kappa shape index (κ3) is 5.19. The van der Waals surface area contributed by atoms with Crippen LogP contribution in [0.4, 0.5) is 0 Å². The van der Waals surface area contributed by atoms with E-state index in [1.54, 1.807) is 0 Å². The topological polar surface area (TPSA) is 71.1 Å². The summed E-state index contributed by atoms with van der Waals surface area (Å²) in [6.45, 7) is 7.95. The van der Waals surface area contributed by atoms with E-state index in [0.29, 0.717) is 13.2 Å². The first-order valence-electron chi connectivity index (χ1n) is 7.05. The minimum absolute atomic E-state index is 0.109. The summed E-state index contributed by atoms with van der Waals surface area (Å²) in [5.74, 6) is 0.133. The fraction of sp³-hybridized carbons (Fsp3) is 0.533. The molecule has 5 heteroatoms. The molecule has 0 aliphatic rings. The average molecular weight is 279 g/mol. The molecule has 1 aromatic rings. The molecule has 0 aromatic heterocycles. The van der Waals surface area contributed by atoms with Gasteiger partial charge < -0.3 is 20.6 Å². The Morgan fingerprint density at radius 2 is 2.05 bits per heavy atom. The van der Waals surface area contributed by atoms with E-state index in [1.807, 2.05) is 37.3 Å². The number of amidine groups is 1. The van der Waals surface area contributed by atoms with E-state index in [2.05, 4.69) is 17.0 Å². The lowest BCUT2D eigenvalue weighted by atomic mass is 9.97. The number of nitrogens with zero attached hydrogens (tertiary/aromatic N) is 2. The number of ether oxygens (including phenoxy) is 1. The summed E-state index contributed by atoms with van der Waals surface area (Å²) >= 11 is 0. The summed E-state index contributed by atoms with van der Waals surface area (Å²) in [5.41, 5.74) is 6.90. The molecule has 20 heavy (non-hydrogen) atoms. The molecule has 1 atom stereocenters. The van der Waals surface area contributed by atoms with E-state index in [4.69, 9.17) is 15.7 Å². The van der Waals surface area contributed by atoms with Crippen molar-refractivity contribution in [3.8, 4) is 0 Å². The van der Waals surface area contributed by atoms with Crippen LogP contribution in [0.1, 0.15) is 25.3 Å². The molecule has 0 radical (unpaired) electrons. The molecule has 3 N–H and O–H groups in total. The second-order valence-electron chi connectivity index (χ2n) is 4.58. The lowest BCUT2D eigenvalue weighted by molar-refractivity contribution is 0.114. The number of likely N-dealkylation sites (N-methyl/N-ethyl adjacent to an activating group) is 1. The van der Waals surface area contributed by atoms with Crippen LogP contribution in [0.3, 0.4) is 0 Å². The lowest BCUT2D eigenvalue weighted by Crippen LogP contribution is -2.36. The van der Waals surface area contributed by atoms with Gasteiger partial charge in [0.05, 0.1) is 12.5 Å². The molecular weight excluding hydrogens is 254 g/mol. The fourth-order valence-electron chi connectivity index (χ4n) is 2.10. The lowest BCUT2D eigenvalue weighted by Gasteiger charge is -2.26. The van der Waals surface area contributed by atoms with Gasteiger partial charge >= 0.3 is 0 Å². The molecular formula is C15H25N3O2. The maximum Gasteiger partial charge on any atom is 0.147 e. The molecule has 0 bridgehead atoms. The monoisotopic (exact) mass is 279 g/mol. The summed E-state index contributed by atoms with van der Waals surface area (Å²) in [7, 11) is 0. The van der Waals surface area contributed by atoms with E-state index in [1.165, 1.54) is 0 Å². The number of nitrogens with two attached hydrogens (primary N) is 1. The summed E-state index contributed by atoms with van der Waals surface area (Å²) in [4.78, 5) is 2.24. The number of oxime groups is 1. The van der Waals surface area contributed by atoms with Crippen molar-refractivity contribution in [2.24, 2.45) is 10.9 Å². The normalized spacial score (nSPS) is 13.7. The Morgan fingerprint density at radius 1 is 1.35 bits per heavy atom. The van der Waals surface area contributed by atoms with Crippen molar-refractivity contribution in [1.29, 1.82) is 0 Å². The van der Waals surface area contributed by atoms with Crippen LogP contribution in [0.5, 0.6) is 0 Å². The van der Waals surface area contributed by atoms with Crippen LogP contribution in [-0.4, -0.2) is 48.8 Å². The maximum absolute atomic E-state index is 8.99. The van der Waals surface area contributed by atoms with Gasteiger partial charge in [0.15, 0.2) is 0 Å². The molecule has 112 valence electrons. The van der Waals surface area contributed by atoms with Gasteiger partial charge in [-0.05, 0) is 19.0 Å². The van der Waals surface area contributed by atoms with Crippen LogP contribution in [0.25, 0.3) is 0 Å². The van der Waals surface area contributed by atoms with Crippen LogP contribution in [-0.2, 0) is 4.74 Å². The predicted octanol–water partition coefficient (Wildman–Crippen LogP) is 1.88. The van der Waals surface area contributed by atoms with E-state index < -0.39 is 0 Å². The third-order valence-corrected chi connectivity index (χ3v) is 3.32. The van der Waals surface area contributed by atoms with Gasteiger partial charge in [-0.3, -0.25) is 0 Å². The van der Waals surface area contributed by atoms with Crippen LogP contribution >= 0.6 is 0 Å². The van der Waals surface area contributed by atoms with Crippen molar-refractivity contribution in [3.05, 3.63) is 35.9 Å². The van der Waals surface area contributed by atoms with Crippen molar-refractivity contribution in [2.45, 2.75) is 19.8 Å². The molecule has 0 fully saturated rings. The van der Waals surface area contributed by atoms with Crippen molar-refractivity contribution in [3.63, 3.8) is 0 Å². The second kappa shape index (κ2) is 9.34. The minimum Gasteiger partial charge on any atom is -0.409 e. The number of hydrogen-bond donors (Lipinski definition) is 2. The Labute approximate surface area is 121 Å². The second-order valence-corrected chi connectivity index (χ2v) is 4.58. The van der Waals surface area contributed by atoms with Crippen molar-refractivity contribution < 1.29 is 9.94 Å². The molecule has 0 saturated heterocycles. The summed E-state index contributed by atoms with van der Waals surface area (Å²) in [5, 5.41) is 12.2. The van der Waals surface area contributed by atoms with Gasteiger partial charge in [0.25, 0.3) is 0 Å². The summed E-state index contributed by atoms with van der Waals surface area (Å²) in [6.07, 6.45) is 0. The molecule has 1 aromatic carbocycles. The molecule has 0 amide bonds. The molecule has 0 aliphatic carbocycles. The standard InChI is InChI=1S/C15H25N3O2/c1-3-18(10-11-20-4-2)12-14(15(16)17-19)13-8-6-5-7-9-13/h5-9,14,19H,3-4,10-12H2,1-2H3,(H2,16,17). The molecule has 0 spiro atoms. The quantitative estimate of drug-likeness (QED) is 0.238. The number of rotatable bonds is 9. The average Bonchev–Trinajstić information content (AvgIpc) is 2.51. The van der Waals surface area contributed by atoms with Gasteiger partial charge in [0.1, 0.15) is 5.84 Å². The highest BCUT2D eigenvalue weighted by molar-refractivity contribution is 5.87. The first-order valence-corrected chi connectivity index (χ1v) is 7.05. The number of benzene rings is 1.